The summed E-state index contributed by atoms with van der Waals surface area (Å²) in [5.74, 6) is -0.875. The van der Waals surface area contributed by atoms with Gasteiger partial charge in [-0.2, -0.15) is 0 Å². The highest BCUT2D eigenvalue weighted by atomic mass is 19.1. The molecule has 1 aromatic heterocycles. The number of rotatable bonds is 5. The summed E-state index contributed by atoms with van der Waals surface area (Å²) in [7, 11) is 0. The number of ether oxygens (including phenoxy) is 1. The molecule has 1 aliphatic heterocycles. The predicted octanol–water partition coefficient (Wildman–Crippen LogP) is 5.14. The van der Waals surface area contributed by atoms with Crippen molar-refractivity contribution in [3.63, 3.8) is 0 Å². The van der Waals surface area contributed by atoms with E-state index in [-0.39, 0.29) is 18.3 Å². The van der Waals surface area contributed by atoms with Gasteiger partial charge in [-0.15, -0.1) is 0 Å². The second-order valence-corrected chi connectivity index (χ2v) is 9.44. The first-order chi connectivity index (χ1) is 16.1. The third-order valence-corrected chi connectivity index (χ3v) is 6.67. The van der Waals surface area contributed by atoms with Crippen molar-refractivity contribution in [1.82, 2.24) is 9.88 Å². The van der Waals surface area contributed by atoms with Gasteiger partial charge in [-0.3, -0.25) is 14.6 Å². The molecule has 2 aromatic carbocycles. The largest absolute Gasteiger partial charge is 0.481 e. The number of hydrogen-bond acceptors (Lipinski definition) is 4. The van der Waals surface area contributed by atoms with Crippen LogP contribution >= 0.6 is 0 Å². The van der Waals surface area contributed by atoms with E-state index in [0.717, 1.165) is 27.6 Å². The van der Waals surface area contributed by atoms with Crippen LogP contribution in [0.3, 0.4) is 0 Å². The van der Waals surface area contributed by atoms with Gasteiger partial charge in [0.2, 0.25) is 0 Å². The molecule has 0 radical (unpaired) electrons. The fourth-order valence-electron chi connectivity index (χ4n) is 4.87. The van der Waals surface area contributed by atoms with E-state index in [0.29, 0.717) is 30.7 Å². The number of aryl methyl sites for hydroxylation is 2. The van der Waals surface area contributed by atoms with Crippen LogP contribution in [0.1, 0.15) is 37.8 Å². The summed E-state index contributed by atoms with van der Waals surface area (Å²) in [6.07, 6.45) is 2.14. The Morgan fingerprint density at radius 1 is 1.18 bits per heavy atom. The first-order valence-corrected chi connectivity index (χ1v) is 11.4. The fourth-order valence-corrected chi connectivity index (χ4v) is 4.87. The Kier molecular flexibility index (Phi) is 6.30. The number of carboxylic acids is 1. The van der Waals surface area contributed by atoms with Crippen LogP contribution in [0, 0.1) is 25.1 Å². The molecule has 1 fully saturated rings. The Morgan fingerprint density at radius 2 is 1.88 bits per heavy atom. The van der Waals surface area contributed by atoms with Gasteiger partial charge in [0.1, 0.15) is 11.6 Å². The molecule has 1 aliphatic rings. The third kappa shape index (κ3) is 4.47. The lowest BCUT2D eigenvalue weighted by Gasteiger charge is -2.38. The Bertz CT molecular complexity index is 1250. The van der Waals surface area contributed by atoms with Gasteiger partial charge in [-0.25, -0.2) is 4.39 Å². The number of fused-ring (bicyclic) bond motifs is 1. The Hall–Kier alpha value is -3.48. The van der Waals surface area contributed by atoms with Crippen molar-refractivity contribution in [2.24, 2.45) is 5.41 Å². The van der Waals surface area contributed by atoms with Crippen LogP contribution in [0.15, 0.2) is 42.6 Å². The maximum Gasteiger partial charge on any atom is 0.311 e. The zero-order valence-electron chi connectivity index (χ0n) is 19.9. The average molecular weight is 465 g/mol. The number of nitrogens with zero attached hydrogens (tertiary/aromatic N) is 2. The number of amides is 1. The van der Waals surface area contributed by atoms with E-state index in [1.807, 2.05) is 26.0 Å². The smallest absolute Gasteiger partial charge is 0.311 e. The maximum atomic E-state index is 13.8. The minimum Gasteiger partial charge on any atom is -0.481 e. The van der Waals surface area contributed by atoms with Gasteiger partial charge in [0.05, 0.1) is 10.9 Å². The number of carbonyl (C=O) groups excluding carboxylic acids is 1. The lowest BCUT2D eigenvalue weighted by atomic mass is 9.82. The van der Waals surface area contributed by atoms with Crippen LogP contribution in [0.25, 0.3) is 22.0 Å². The van der Waals surface area contributed by atoms with Crippen molar-refractivity contribution in [1.29, 1.82) is 0 Å². The van der Waals surface area contributed by atoms with Crippen LogP contribution in [0.4, 0.5) is 4.39 Å². The van der Waals surface area contributed by atoms with Gasteiger partial charge >= 0.3 is 5.97 Å². The molecule has 34 heavy (non-hydrogen) atoms. The second-order valence-electron chi connectivity index (χ2n) is 9.44. The van der Waals surface area contributed by atoms with Crippen LogP contribution < -0.4 is 4.74 Å². The molecule has 0 saturated carbocycles. The number of carbonyl (C=O) groups is 2. The van der Waals surface area contributed by atoms with Gasteiger partial charge in [0, 0.05) is 30.7 Å². The second kappa shape index (κ2) is 9.05. The van der Waals surface area contributed by atoms with Crippen molar-refractivity contribution < 1.29 is 23.8 Å². The standard InChI is InChI=1S/C27H29FN2O4/c1-16-12-19(28)13-17(2)24(16)22-8-10-29-23-14-20(6-7-21(22)23)34-18(3)25(31)30-11-5-9-27(4,15-30)26(32)33/h6-8,10,12-14,18H,5,9,11,15H2,1-4H3,(H,32,33)/t18?,27-/m1/s1. The number of aromatic nitrogens is 1. The number of aliphatic carboxylic acids is 1. The molecule has 6 nitrogen and oxygen atoms in total. The van der Waals surface area contributed by atoms with Gasteiger partial charge in [-0.1, -0.05) is 0 Å². The molecule has 3 aromatic rings. The summed E-state index contributed by atoms with van der Waals surface area (Å²) in [5, 5.41) is 10.4. The monoisotopic (exact) mass is 464 g/mol. The number of benzene rings is 2. The maximum absolute atomic E-state index is 13.8. The first kappa shape index (κ1) is 23.7. The molecule has 1 saturated heterocycles. The summed E-state index contributed by atoms with van der Waals surface area (Å²) in [6.45, 7) is 7.82. The highest BCUT2D eigenvalue weighted by Gasteiger charge is 2.40. The number of piperidine rings is 1. The van der Waals surface area contributed by atoms with Crippen molar-refractivity contribution >= 4 is 22.8 Å². The van der Waals surface area contributed by atoms with Gasteiger partial charge < -0.3 is 14.7 Å². The van der Waals surface area contributed by atoms with Crippen molar-refractivity contribution in [3.05, 3.63) is 59.5 Å². The Labute approximate surface area is 198 Å². The van der Waals surface area contributed by atoms with Crippen LogP contribution in [0.2, 0.25) is 0 Å². The van der Waals surface area contributed by atoms with E-state index in [2.05, 4.69) is 4.98 Å². The summed E-state index contributed by atoms with van der Waals surface area (Å²) in [4.78, 5) is 30.7. The van der Waals surface area contributed by atoms with E-state index in [1.54, 1.807) is 37.1 Å². The van der Waals surface area contributed by atoms with Crippen LogP contribution in [0.5, 0.6) is 5.75 Å². The van der Waals surface area contributed by atoms with Gasteiger partial charge in [0.15, 0.2) is 6.10 Å². The lowest BCUT2D eigenvalue weighted by Crippen LogP contribution is -2.51. The number of pyridine rings is 1. The van der Waals surface area contributed by atoms with Crippen molar-refractivity contribution in [3.8, 4) is 16.9 Å². The SMILES string of the molecule is Cc1cc(F)cc(C)c1-c1ccnc2cc(OC(C)C(=O)N3CCC[C@@](C)(C(=O)O)C3)ccc12. The van der Waals surface area contributed by atoms with E-state index in [9.17, 15) is 19.1 Å². The fraction of sp³-hybridized carbons (Fsp3) is 0.370. The molecule has 1 unspecified atom stereocenters. The summed E-state index contributed by atoms with van der Waals surface area (Å²) in [5.41, 5.74) is 3.38. The molecule has 4 rings (SSSR count). The molecule has 2 heterocycles. The molecule has 0 aliphatic carbocycles. The van der Waals surface area contributed by atoms with Gasteiger partial charge in [0.25, 0.3) is 5.91 Å². The molecular weight excluding hydrogens is 435 g/mol. The summed E-state index contributed by atoms with van der Waals surface area (Å²) < 4.78 is 19.8. The van der Waals surface area contributed by atoms with Gasteiger partial charge in [-0.05, 0) is 93.1 Å². The van der Waals surface area contributed by atoms with Crippen molar-refractivity contribution in [2.45, 2.75) is 46.6 Å². The Balaban J connectivity index is 1.57. The van der Waals surface area contributed by atoms with E-state index >= 15 is 0 Å². The molecule has 1 amide bonds. The normalized spacial score (nSPS) is 19.1. The number of likely N-dealkylation sites (tertiary alicyclic amines) is 1. The summed E-state index contributed by atoms with van der Waals surface area (Å²) in [6, 6.07) is 10.4. The number of carboxylic acid groups (broad SMARTS) is 1. The molecule has 1 N–H and O–H groups in total. The highest BCUT2D eigenvalue weighted by Crippen LogP contribution is 2.35. The van der Waals surface area contributed by atoms with Crippen LogP contribution in [-0.2, 0) is 9.59 Å². The zero-order chi connectivity index (χ0) is 24.6. The number of halogens is 1. The third-order valence-electron chi connectivity index (χ3n) is 6.67. The first-order valence-electron chi connectivity index (χ1n) is 11.4. The van der Waals surface area contributed by atoms with E-state index in [1.165, 1.54) is 12.1 Å². The molecule has 7 heteroatoms. The van der Waals surface area contributed by atoms with E-state index in [4.69, 9.17) is 4.74 Å². The molecule has 178 valence electrons. The lowest BCUT2D eigenvalue weighted by molar-refractivity contribution is -0.155. The predicted molar refractivity (Wildman–Crippen MR) is 128 cm³/mol. The molecule has 0 bridgehead atoms. The van der Waals surface area contributed by atoms with Crippen LogP contribution in [-0.4, -0.2) is 46.1 Å². The van der Waals surface area contributed by atoms with E-state index < -0.39 is 17.5 Å². The summed E-state index contributed by atoms with van der Waals surface area (Å²) >= 11 is 0. The minimum absolute atomic E-state index is 0.174. The van der Waals surface area contributed by atoms with Crippen molar-refractivity contribution in [2.75, 3.05) is 13.1 Å². The quantitative estimate of drug-likeness (QED) is 0.566. The highest BCUT2D eigenvalue weighted by molar-refractivity contribution is 5.96. The Morgan fingerprint density at radius 3 is 2.56 bits per heavy atom. The molecular formula is C27H29FN2O4. The minimum atomic E-state index is -0.937. The number of hydrogen-bond donors (Lipinski definition) is 1. The molecule has 0 spiro atoms. The zero-order valence-corrected chi connectivity index (χ0v) is 19.9. The topological polar surface area (TPSA) is 79.7 Å². The molecule has 2 atom stereocenters. The average Bonchev–Trinajstić information content (AvgIpc) is 2.77.